The fourth-order valence-electron chi connectivity index (χ4n) is 2.11. The molecule has 1 aromatic carbocycles. The molecule has 19 heavy (non-hydrogen) atoms. The Bertz CT molecular complexity index is 551. The Morgan fingerprint density at radius 2 is 2.11 bits per heavy atom. The van der Waals surface area contributed by atoms with Crippen molar-refractivity contribution in [3.05, 3.63) is 51.5 Å². The summed E-state index contributed by atoms with van der Waals surface area (Å²) in [5.41, 5.74) is 7.87. The van der Waals surface area contributed by atoms with Crippen molar-refractivity contribution in [3.8, 4) is 0 Å². The summed E-state index contributed by atoms with van der Waals surface area (Å²) in [6.45, 7) is 6.41. The second-order valence-corrected chi connectivity index (χ2v) is 5.83. The van der Waals surface area contributed by atoms with Crippen LogP contribution in [0.1, 0.15) is 22.2 Å². The molecule has 2 nitrogen and oxygen atoms in total. The lowest BCUT2D eigenvalue weighted by molar-refractivity contribution is 0.626. The number of benzene rings is 1. The van der Waals surface area contributed by atoms with E-state index in [1.165, 1.54) is 21.4 Å². The Morgan fingerprint density at radius 3 is 2.68 bits per heavy atom. The number of hydrogen-bond acceptors (Lipinski definition) is 3. The molecule has 2 N–H and O–H groups in total. The lowest BCUT2D eigenvalue weighted by Gasteiger charge is -2.23. The summed E-state index contributed by atoms with van der Waals surface area (Å²) >= 11 is 1.74. The third-order valence-corrected chi connectivity index (χ3v) is 4.30. The average molecular weight is 278 g/mol. The molecule has 2 aromatic rings. The van der Waals surface area contributed by atoms with Crippen LogP contribution in [-0.2, 0) is 13.1 Å². The van der Waals surface area contributed by atoms with Crippen molar-refractivity contribution in [3.63, 3.8) is 0 Å². The normalized spacial score (nSPS) is 10.7. The van der Waals surface area contributed by atoms with Gasteiger partial charge in [-0.1, -0.05) is 6.07 Å². The average Bonchev–Trinajstić information content (AvgIpc) is 2.76. The van der Waals surface area contributed by atoms with Gasteiger partial charge in [-0.05, 0) is 43.7 Å². The van der Waals surface area contributed by atoms with Gasteiger partial charge in [-0.3, -0.25) is 0 Å². The molecule has 1 heterocycles. The largest absolute Gasteiger partial charge is 0.367 e. The Labute approximate surface area is 117 Å². The Balaban J connectivity index is 2.21. The molecular weight excluding hydrogens is 259 g/mol. The predicted molar refractivity (Wildman–Crippen MR) is 80.1 cm³/mol. The van der Waals surface area contributed by atoms with Gasteiger partial charge in [-0.25, -0.2) is 4.39 Å². The fourth-order valence-corrected chi connectivity index (χ4v) is 3.04. The zero-order valence-corrected chi connectivity index (χ0v) is 12.1. The molecule has 4 heteroatoms. The molecule has 0 aliphatic carbocycles. The summed E-state index contributed by atoms with van der Waals surface area (Å²) < 4.78 is 13.3. The first-order chi connectivity index (χ1) is 9.13. The maximum atomic E-state index is 13.3. The summed E-state index contributed by atoms with van der Waals surface area (Å²) in [7, 11) is 0. The van der Waals surface area contributed by atoms with Gasteiger partial charge in [-0.2, -0.15) is 0 Å². The Morgan fingerprint density at radius 1 is 1.32 bits per heavy atom. The molecule has 0 fully saturated rings. The van der Waals surface area contributed by atoms with Crippen LogP contribution in [0.15, 0.2) is 30.3 Å². The molecule has 0 aliphatic rings. The van der Waals surface area contributed by atoms with Crippen molar-refractivity contribution in [2.24, 2.45) is 5.73 Å². The number of aryl methyl sites for hydroxylation is 1. The highest BCUT2D eigenvalue weighted by molar-refractivity contribution is 7.12. The van der Waals surface area contributed by atoms with E-state index in [4.69, 9.17) is 5.73 Å². The highest BCUT2D eigenvalue weighted by Gasteiger charge is 2.10. The van der Waals surface area contributed by atoms with Gasteiger partial charge < -0.3 is 10.6 Å². The molecule has 0 atom stereocenters. The summed E-state index contributed by atoms with van der Waals surface area (Å²) in [4.78, 5) is 4.65. The first kappa shape index (κ1) is 14.0. The molecule has 0 bridgehead atoms. The smallest absolute Gasteiger partial charge is 0.125 e. The summed E-state index contributed by atoms with van der Waals surface area (Å²) in [6.07, 6.45) is 0. The minimum atomic E-state index is -0.194. The first-order valence-corrected chi connectivity index (χ1v) is 7.24. The fraction of sp³-hybridized carbons (Fsp3) is 0.333. The Hall–Kier alpha value is -1.39. The third-order valence-electron chi connectivity index (χ3n) is 3.19. The van der Waals surface area contributed by atoms with Gasteiger partial charge in [0, 0.05) is 35.1 Å². The van der Waals surface area contributed by atoms with Crippen molar-refractivity contribution in [2.45, 2.75) is 26.9 Å². The molecular formula is C15H19FN2S. The predicted octanol–water partition coefficient (Wildman–Crippen LogP) is 3.68. The van der Waals surface area contributed by atoms with Crippen LogP contribution >= 0.6 is 11.3 Å². The number of thiophene rings is 1. The van der Waals surface area contributed by atoms with Crippen molar-refractivity contribution < 1.29 is 4.39 Å². The zero-order valence-electron chi connectivity index (χ0n) is 11.3. The molecule has 0 radical (unpaired) electrons. The van der Waals surface area contributed by atoms with E-state index in [1.54, 1.807) is 23.5 Å². The third kappa shape index (κ3) is 3.33. The maximum Gasteiger partial charge on any atom is 0.125 e. The van der Waals surface area contributed by atoms with Crippen molar-refractivity contribution in [1.29, 1.82) is 0 Å². The van der Waals surface area contributed by atoms with E-state index in [0.717, 1.165) is 18.8 Å². The molecule has 0 unspecified atom stereocenters. The van der Waals surface area contributed by atoms with Crippen molar-refractivity contribution in [1.82, 2.24) is 0 Å². The van der Waals surface area contributed by atoms with Gasteiger partial charge >= 0.3 is 0 Å². The summed E-state index contributed by atoms with van der Waals surface area (Å²) in [6, 6.07) is 8.90. The van der Waals surface area contributed by atoms with E-state index >= 15 is 0 Å². The molecule has 0 saturated carbocycles. The topological polar surface area (TPSA) is 29.3 Å². The quantitative estimate of drug-likeness (QED) is 0.904. The lowest BCUT2D eigenvalue weighted by atomic mass is 10.2. The number of nitrogens with zero attached hydrogens (tertiary/aromatic N) is 1. The molecule has 0 saturated heterocycles. The minimum Gasteiger partial charge on any atom is -0.367 e. The monoisotopic (exact) mass is 278 g/mol. The first-order valence-electron chi connectivity index (χ1n) is 6.42. The van der Waals surface area contributed by atoms with E-state index in [0.29, 0.717) is 6.54 Å². The maximum absolute atomic E-state index is 13.3. The second kappa shape index (κ2) is 6.17. The number of anilines is 1. The number of rotatable bonds is 5. The van der Waals surface area contributed by atoms with Crippen LogP contribution in [0.4, 0.5) is 10.1 Å². The van der Waals surface area contributed by atoms with Gasteiger partial charge in [-0.15, -0.1) is 11.3 Å². The van der Waals surface area contributed by atoms with Gasteiger partial charge in [0.2, 0.25) is 0 Å². The minimum absolute atomic E-state index is 0.194. The molecule has 0 amide bonds. The van der Waals surface area contributed by atoms with Crippen LogP contribution in [0.5, 0.6) is 0 Å². The summed E-state index contributed by atoms with van der Waals surface area (Å²) in [5, 5.41) is 0. The molecule has 0 aliphatic heterocycles. The van der Waals surface area contributed by atoms with Crippen LogP contribution in [0.2, 0.25) is 0 Å². The van der Waals surface area contributed by atoms with E-state index in [1.807, 2.05) is 6.07 Å². The van der Waals surface area contributed by atoms with Crippen LogP contribution in [0.3, 0.4) is 0 Å². The van der Waals surface area contributed by atoms with Crippen LogP contribution < -0.4 is 10.6 Å². The van der Waals surface area contributed by atoms with E-state index in [9.17, 15) is 4.39 Å². The zero-order chi connectivity index (χ0) is 13.8. The van der Waals surface area contributed by atoms with Gasteiger partial charge in [0.1, 0.15) is 5.82 Å². The molecule has 2 rings (SSSR count). The number of halogens is 1. The van der Waals surface area contributed by atoms with Gasteiger partial charge in [0.25, 0.3) is 0 Å². The van der Waals surface area contributed by atoms with Crippen LogP contribution in [0, 0.1) is 12.7 Å². The molecule has 102 valence electrons. The Kier molecular flexibility index (Phi) is 4.56. The van der Waals surface area contributed by atoms with E-state index in [-0.39, 0.29) is 5.82 Å². The molecule has 0 spiro atoms. The standard InChI is InChI=1S/C15H19FN2S/c1-3-18(14-6-4-5-13(16)8-14)10-12-7-15(9-17)19-11(12)2/h4-8H,3,9-10,17H2,1-2H3. The van der Waals surface area contributed by atoms with Crippen LogP contribution in [0.25, 0.3) is 0 Å². The highest BCUT2D eigenvalue weighted by Crippen LogP contribution is 2.25. The van der Waals surface area contributed by atoms with Crippen molar-refractivity contribution in [2.75, 3.05) is 11.4 Å². The van der Waals surface area contributed by atoms with Gasteiger partial charge in [0.15, 0.2) is 0 Å². The van der Waals surface area contributed by atoms with Crippen molar-refractivity contribution >= 4 is 17.0 Å². The van der Waals surface area contributed by atoms with Gasteiger partial charge in [0.05, 0.1) is 0 Å². The number of nitrogens with two attached hydrogens (primary N) is 1. The van der Waals surface area contributed by atoms with E-state index in [2.05, 4.69) is 24.8 Å². The van der Waals surface area contributed by atoms with Crippen LogP contribution in [-0.4, -0.2) is 6.54 Å². The number of hydrogen-bond donors (Lipinski definition) is 1. The second-order valence-electron chi connectivity index (χ2n) is 4.49. The molecule has 1 aromatic heterocycles. The highest BCUT2D eigenvalue weighted by atomic mass is 32.1. The lowest BCUT2D eigenvalue weighted by Crippen LogP contribution is -2.22. The summed E-state index contributed by atoms with van der Waals surface area (Å²) in [5.74, 6) is -0.194. The van der Waals surface area contributed by atoms with E-state index < -0.39 is 0 Å². The SMILES string of the molecule is CCN(Cc1cc(CN)sc1C)c1cccc(F)c1.